The molecule has 2 aromatic carbocycles. The highest BCUT2D eigenvalue weighted by atomic mass is 35.5. The fourth-order valence-electron chi connectivity index (χ4n) is 4.80. The number of rotatable bonds is 9. The Labute approximate surface area is 232 Å². The molecule has 0 saturated heterocycles. The van der Waals surface area contributed by atoms with Gasteiger partial charge in [-0.3, -0.25) is 14.4 Å². The SMILES string of the molecule is O=C(O)C[C@H]1CC[C@H](c2ccc(NC(=O)CCNC(=O)c3nc(-c4ccccc4Cl)oc3C(F)(F)F)cc2)CC1. The monoisotopic (exact) mass is 577 g/mol. The van der Waals surface area contributed by atoms with Gasteiger partial charge in [-0.05, 0) is 67.3 Å². The van der Waals surface area contributed by atoms with Gasteiger partial charge in [0.1, 0.15) is 0 Å². The van der Waals surface area contributed by atoms with Crippen molar-refractivity contribution in [3.8, 4) is 11.5 Å². The lowest BCUT2D eigenvalue weighted by Crippen LogP contribution is -2.29. The number of halogens is 4. The van der Waals surface area contributed by atoms with Crippen molar-refractivity contribution in [2.75, 3.05) is 11.9 Å². The standard InChI is InChI=1S/C28H27ClF3N3O5/c29-21-4-2-1-3-20(21)27-35-24(25(40-27)28(30,31)32)26(39)33-14-13-22(36)34-19-11-9-18(10-12-19)17-7-5-16(6-8-17)15-23(37)38/h1-4,9-12,16-17H,5-8,13-15H2,(H,33,39)(H,34,36)(H,37,38)/t16-,17-. The van der Waals surface area contributed by atoms with Gasteiger partial charge < -0.3 is 20.2 Å². The van der Waals surface area contributed by atoms with E-state index in [2.05, 4.69) is 15.6 Å². The summed E-state index contributed by atoms with van der Waals surface area (Å²) >= 11 is 6.02. The van der Waals surface area contributed by atoms with E-state index in [-0.39, 0.29) is 35.9 Å². The molecule has 1 heterocycles. The van der Waals surface area contributed by atoms with Crippen LogP contribution in [-0.4, -0.2) is 34.4 Å². The Hall–Kier alpha value is -3.86. The minimum absolute atomic E-state index is 0.102. The van der Waals surface area contributed by atoms with Crippen molar-refractivity contribution >= 4 is 35.1 Å². The second-order valence-electron chi connectivity index (χ2n) is 9.67. The number of amides is 2. The fraction of sp³-hybridized carbons (Fsp3) is 0.357. The van der Waals surface area contributed by atoms with Crippen LogP contribution in [0.4, 0.5) is 18.9 Å². The summed E-state index contributed by atoms with van der Waals surface area (Å²) in [4.78, 5) is 39.5. The Balaban J connectivity index is 1.29. The molecular formula is C28H27ClF3N3O5. The number of alkyl halides is 3. The predicted octanol–water partition coefficient (Wildman–Crippen LogP) is 6.52. The van der Waals surface area contributed by atoms with Crippen molar-refractivity contribution in [1.29, 1.82) is 0 Å². The lowest BCUT2D eigenvalue weighted by Gasteiger charge is -2.28. The summed E-state index contributed by atoms with van der Waals surface area (Å²) in [5, 5.41) is 14.1. The van der Waals surface area contributed by atoms with Crippen LogP contribution in [0.2, 0.25) is 5.02 Å². The molecule has 0 bridgehead atoms. The Morgan fingerprint density at radius 1 is 1.02 bits per heavy atom. The van der Waals surface area contributed by atoms with E-state index in [1.165, 1.54) is 12.1 Å². The predicted molar refractivity (Wildman–Crippen MR) is 141 cm³/mol. The number of nitrogens with one attached hydrogen (secondary N) is 2. The Morgan fingerprint density at radius 2 is 1.70 bits per heavy atom. The lowest BCUT2D eigenvalue weighted by atomic mass is 9.77. The molecule has 4 rings (SSSR count). The summed E-state index contributed by atoms with van der Waals surface area (Å²) in [6, 6.07) is 13.4. The first kappa shape index (κ1) is 29.1. The number of hydrogen-bond acceptors (Lipinski definition) is 5. The number of carboxylic acid groups (broad SMARTS) is 1. The molecule has 0 aliphatic heterocycles. The summed E-state index contributed by atoms with van der Waals surface area (Å²) < 4.78 is 45.4. The minimum atomic E-state index is -4.97. The Bertz CT molecular complexity index is 1370. The summed E-state index contributed by atoms with van der Waals surface area (Å²) in [7, 11) is 0. The molecule has 1 aliphatic rings. The third-order valence-corrected chi connectivity index (χ3v) is 7.15. The second kappa shape index (κ2) is 12.5. The largest absolute Gasteiger partial charge is 0.481 e. The number of aromatic nitrogens is 1. The van der Waals surface area contributed by atoms with Crippen molar-refractivity contribution in [2.24, 2.45) is 5.92 Å². The van der Waals surface area contributed by atoms with E-state index >= 15 is 0 Å². The molecular weight excluding hydrogens is 551 g/mol. The second-order valence-corrected chi connectivity index (χ2v) is 10.1. The number of hydrogen-bond donors (Lipinski definition) is 3. The molecule has 40 heavy (non-hydrogen) atoms. The van der Waals surface area contributed by atoms with Gasteiger partial charge in [0.15, 0.2) is 5.69 Å². The quantitative estimate of drug-likeness (QED) is 0.266. The van der Waals surface area contributed by atoms with Crippen LogP contribution in [-0.2, 0) is 15.8 Å². The maximum absolute atomic E-state index is 13.5. The highest BCUT2D eigenvalue weighted by Gasteiger charge is 2.42. The normalized spacial score (nSPS) is 17.3. The number of anilines is 1. The average molecular weight is 578 g/mol. The Kier molecular flexibility index (Phi) is 9.14. The molecule has 1 aromatic heterocycles. The first-order valence-electron chi connectivity index (χ1n) is 12.7. The smallest absolute Gasteiger partial charge is 0.452 e. The van der Waals surface area contributed by atoms with Gasteiger partial charge in [0.25, 0.3) is 5.91 Å². The maximum Gasteiger partial charge on any atom is 0.452 e. The third kappa shape index (κ3) is 7.41. The van der Waals surface area contributed by atoms with Crippen molar-refractivity contribution in [3.63, 3.8) is 0 Å². The van der Waals surface area contributed by atoms with E-state index in [4.69, 9.17) is 21.1 Å². The Morgan fingerprint density at radius 3 is 2.33 bits per heavy atom. The number of nitrogens with zero attached hydrogens (tertiary/aromatic N) is 1. The molecule has 2 amide bonds. The van der Waals surface area contributed by atoms with Gasteiger partial charge in [0.05, 0.1) is 10.6 Å². The van der Waals surface area contributed by atoms with Gasteiger partial charge in [-0.2, -0.15) is 13.2 Å². The van der Waals surface area contributed by atoms with E-state index in [1.54, 1.807) is 24.3 Å². The first-order valence-corrected chi connectivity index (χ1v) is 13.1. The van der Waals surface area contributed by atoms with Crippen molar-refractivity contribution < 1.29 is 37.1 Å². The molecule has 1 fully saturated rings. The van der Waals surface area contributed by atoms with Gasteiger partial charge in [-0.1, -0.05) is 35.9 Å². The van der Waals surface area contributed by atoms with E-state index in [0.717, 1.165) is 31.2 Å². The van der Waals surface area contributed by atoms with E-state index < -0.39 is 41.3 Å². The summed E-state index contributed by atoms with van der Waals surface area (Å²) in [6.45, 7) is -0.228. The van der Waals surface area contributed by atoms with E-state index in [0.29, 0.717) is 11.6 Å². The minimum Gasteiger partial charge on any atom is -0.481 e. The first-order chi connectivity index (χ1) is 19.0. The van der Waals surface area contributed by atoms with Crippen LogP contribution in [0, 0.1) is 5.92 Å². The summed E-state index contributed by atoms with van der Waals surface area (Å²) in [6.07, 6.45) is -1.42. The third-order valence-electron chi connectivity index (χ3n) is 6.82. The summed E-state index contributed by atoms with van der Waals surface area (Å²) in [5.41, 5.74) is 0.809. The molecule has 3 aromatic rings. The summed E-state index contributed by atoms with van der Waals surface area (Å²) in [5.74, 6) is -3.80. The van der Waals surface area contributed by atoms with Crippen LogP contribution in [0.3, 0.4) is 0 Å². The van der Waals surface area contributed by atoms with Crippen LogP contribution in [0.15, 0.2) is 52.9 Å². The van der Waals surface area contributed by atoms with Gasteiger partial charge >= 0.3 is 12.1 Å². The van der Waals surface area contributed by atoms with Crippen molar-refractivity contribution in [1.82, 2.24) is 10.3 Å². The van der Waals surface area contributed by atoms with Crippen molar-refractivity contribution in [3.05, 3.63) is 70.6 Å². The van der Waals surface area contributed by atoms with Gasteiger partial charge in [-0.15, -0.1) is 0 Å². The molecule has 0 spiro atoms. The average Bonchev–Trinajstić information content (AvgIpc) is 3.36. The lowest BCUT2D eigenvalue weighted by molar-refractivity contribution is -0.153. The molecule has 3 N–H and O–H groups in total. The number of benzene rings is 2. The van der Waals surface area contributed by atoms with Crippen LogP contribution in [0.5, 0.6) is 0 Å². The molecule has 212 valence electrons. The molecule has 0 atom stereocenters. The molecule has 8 nitrogen and oxygen atoms in total. The number of carbonyl (C=O) groups is 3. The molecule has 0 radical (unpaired) electrons. The van der Waals surface area contributed by atoms with Crippen LogP contribution >= 0.6 is 11.6 Å². The van der Waals surface area contributed by atoms with Gasteiger partial charge in [0.2, 0.25) is 17.6 Å². The van der Waals surface area contributed by atoms with Crippen LogP contribution in [0.1, 0.15) is 66.3 Å². The number of carboxylic acids is 1. The highest BCUT2D eigenvalue weighted by Crippen LogP contribution is 2.38. The van der Waals surface area contributed by atoms with Gasteiger partial charge in [-0.25, -0.2) is 4.98 Å². The van der Waals surface area contributed by atoms with Crippen LogP contribution in [0.25, 0.3) is 11.5 Å². The number of aliphatic carboxylic acids is 1. The van der Waals surface area contributed by atoms with Crippen LogP contribution < -0.4 is 10.6 Å². The van der Waals surface area contributed by atoms with E-state index in [1.807, 2.05) is 12.1 Å². The van der Waals surface area contributed by atoms with Gasteiger partial charge in [0, 0.05) is 25.1 Å². The van der Waals surface area contributed by atoms with E-state index in [9.17, 15) is 27.6 Å². The van der Waals surface area contributed by atoms with Crippen molar-refractivity contribution in [2.45, 2.75) is 50.6 Å². The maximum atomic E-state index is 13.5. The zero-order valence-electron chi connectivity index (χ0n) is 21.3. The number of carbonyl (C=O) groups excluding carboxylic acids is 2. The molecule has 1 saturated carbocycles. The zero-order valence-corrected chi connectivity index (χ0v) is 22.0. The fourth-order valence-corrected chi connectivity index (χ4v) is 5.01. The molecule has 1 aliphatic carbocycles. The topological polar surface area (TPSA) is 122 Å². The zero-order chi connectivity index (χ0) is 28.9. The molecule has 0 unspecified atom stereocenters. The number of oxazole rings is 1. The highest BCUT2D eigenvalue weighted by molar-refractivity contribution is 6.33. The molecule has 12 heteroatoms.